The number of aromatic nitrogens is 2. The number of para-hydroxylation sites is 2. The summed E-state index contributed by atoms with van der Waals surface area (Å²) < 4.78 is 3.24. The third-order valence-electron chi connectivity index (χ3n) is 6.17. The number of rotatable bonds is 5. The Bertz CT molecular complexity index is 1340. The number of carbonyl (C=O) groups is 1. The molecule has 0 bridgehead atoms. The monoisotopic (exact) mass is 556 g/mol. The summed E-state index contributed by atoms with van der Waals surface area (Å²) >= 11 is 15.9. The Hall–Kier alpha value is -2.38. The minimum absolute atomic E-state index is 0.0321. The van der Waals surface area contributed by atoms with Crippen molar-refractivity contribution in [1.29, 1.82) is 0 Å². The minimum atomic E-state index is -0.130. The van der Waals surface area contributed by atoms with Crippen molar-refractivity contribution in [3.05, 3.63) is 87.1 Å². The fourth-order valence-corrected chi connectivity index (χ4v) is 5.12. The van der Waals surface area contributed by atoms with E-state index in [0.717, 1.165) is 46.4 Å². The number of nitrogens with one attached hydrogen (secondary N) is 1. The third-order valence-corrected chi connectivity index (χ3v) is 7.51. The van der Waals surface area contributed by atoms with Gasteiger partial charge in [-0.05, 0) is 67.9 Å². The normalized spacial score (nSPS) is 16.6. The van der Waals surface area contributed by atoms with Crippen molar-refractivity contribution in [2.75, 3.05) is 18.4 Å². The molecule has 3 aromatic carbocycles. The van der Waals surface area contributed by atoms with Gasteiger partial charge in [0, 0.05) is 16.7 Å². The van der Waals surface area contributed by atoms with Crippen LogP contribution in [-0.2, 0) is 11.3 Å². The van der Waals surface area contributed by atoms with E-state index in [4.69, 9.17) is 28.2 Å². The number of nitrogens with zero attached hydrogens (tertiary/aromatic N) is 3. The quantitative estimate of drug-likeness (QED) is 0.289. The predicted molar refractivity (Wildman–Crippen MR) is 142 cm³/mol. The molecule has 5 nitrogen and oxygen atoms in total. The molecule has 1 N–H and O–H groups in total. The van der Waals surface area contributed by atoms with Gasteiger partial charge < -0.3 is 5.32 Å². The number of anilines is 1. The third kappa shape index (κ3) is 4.86. The van der Waals surface area contributed by atoms with Gasteiger partial charge in [-0.15, -0.1) is 0 Å². The minimum Gasteiger partial charge on any atom is -0.324 e. The van der Waals surface area contributed by atoms with Crippen molar-refractivity contribution in [2.24, 2.45) is 5.92 Å². The van der Waals surface area contributed by atoms with E-state index in [1.165, 1.54) is 0 Å². The maximum absolute atomic E-state index is 13.0. The summed E-state index contributed by atoms with van der Waals surface area (Å²) in [4.78, 5) is 20.3. The fraction of sp³-hybridized carbons (Fsp3) is 0.231. The first-order valence-electron chi connectivity index (χ1n) is 11.2. The van der Waals surface area contributed by atoms with Gasteiger partial charge >= 0.3 is 0 Å². The number of piperidine rings is 1. The second-order valence-electron chi connectivity index (χ2n) is 8.49. The van der Waals surface area contributed by atoms with Gasteiger partial charge in [0.2, 0.25) is 5.91 Å². The maximum atomic E-state index is 13.0. The summed E-state index contributed by atoms with van der Waals surface area (Å²) in [7, 11) is 0. The molecule has 1 fully saturated rings. The SMILES string of the molecule is O=C(Nc1cccc(Cl)c1Cl)[C@@H]1CCCN(Cc2nc3ccccc3n2-c2ccc(Br)cc2)C1. The van der Waals surface area contributed by atoms with Crippen molar-refractivity contribution in [3.8, 4) is 5.69 Å². The average molecular weight is 558 g/mol. The van der Waals surface area contributed by atoms with Gasteiger partial charge in [0.15, 0.2) is 0 Å². The van der Waals surface area contributed by atoms with E-state index in [2.05, 4.69) is 48.9 Å². The number of hydrogen-bond acceptors (Lipinski definition) is 3. The van der Waals surface area contributed by atoms with Crippen LogP contribution in [0, 0.1) is 5.92 Å². The molecular weight excluding hydrogens is 535 g/mol. The van der Waals surface area contributed by atoms with E-state index >= 15 is 0 Å². The molecule has 1 saturated heterocycles. The van der Waals surface area contributed by atoms with E-state index in [-0.39, 0.29) is 11.8 Å². The summed E-state index contributed by atoms with van der Waals surface area (Å²) in [6, 6.07) is 21.7. The van der Waals surface area contributed by atoms with E-state index in [1.807, 2.05) is 30.3 Å². The second kappa shape index (κ2) is 10.1. The molecule has 1 aromatic heterocycles. The van der Waals surface area contributed by atoms with Crippen LogP contribution in [0.15, 0.2) is 71.2 Å². The summed E-state index contributed by atoms with van der Waals surface area (Å²) in [5, 5.41) is 3.76. The lowest BCUT2D eigenvalue weighted by Gasteiger charge is -2.32. The van der Waals surface area contributed by atoms with Crippen LogP contribution in [0.2, 0.25) is 10.0 Å². The van der Waals surface area contributed by atoms with Gasteiger partial charge in [0.1, 0.15) is 5.82 Å². The maximum Gasteiger partial charge on any atom is 0.228 e. The van der Waals surface area contributed by atoms with Crippen LogP contribution in [-0.4, -0.2) is 33.4 Å². The van der Waals surface area contributed by atoms with Gasteiger partial charge in [-0.25, -0.2) is 4.98 Å². The van der Waals surface area contributed by atoms with Crippen LogP contribution >= 0.6 is 39.1 Å². The van der Waals surface area contributed by atoms with Crippen LogP contribution in [0.3, 0.4) is 0 Å². The zero-order valence-corrected chi connectivity index (χ0v) is 21.4. The number of fused-ring (bicyclic) bond motifs is 1. The van der Waals surface area contributed by atoms with E-state index in [0.29, 0.717) is 28.8 Å². The Labute approximate surface area is 216 Å². The van der Waals surface area contributed by atoms with Crippen LogP contribution in [0.5, 0.6) is 0 Å². The molecule has 4 aromatic rings. The number of imidazole rings is 1. The highest BCUT2D eigenvalue weighted by atomic mass is 79.9. The number of likely N-dealkylation sites (tertiary alicyclic amines) is 1. The average Bonchev–Trinajstić information content (AvgIpc) is 3.20. The highest BCUT2D eigenvalue weighted by Gasteiger charge is 2.27. The molecular formula is C26H23BrCl2N4O. The lowest BCUT2D eigenvalue weighted by molar-refractivity contribution is -0.121. The number of hydrogen-bond donors (Lipinski definition) is 1. The largest absolute Gasteiger partial charge is 0.324 e. The molecule has 8 heteroatoms. The number of benzene rings is 3. The molecule has 5 rings (SSSR count). The zero-order chi connectivity index (χ0) is 23.7. The number of carbonyl (C=O) groups excluding carboxylic acids is 1. The molecule has 1 amide bonds. The van der Waals surface area contributed by atoms with Crippen molar-refractivity contribution >= 4 is 61.8 Å². The van der Waals surface area contributed by atoms with Crippen molar-refractivity contribution in [2.45, 2.75) is 19.4 Å². The summed E-state index contributed by atoms with van der Waals surface area (Å²) in [5.74, 6) is 0.798. The molecule has 0 spiro atoms. The lowest BCUT2D eigenvalue weighted by atomic mass is 9.97. The molecule has 1 aliphatic rings. The van der Waals surface area contributed by atoms with Gasteiger partial charge in [0.25, 0.3) is 0 Å². The van der Waals surface area contributed by atoms with Gasteiger partial charge in [-0.2, -0.15) is 0 Å². The van der Waals surface area contributed by atoms with Crippen LogP contribution in [0.1, 0.15) is 18.7 Å². The Kier molecular flexibility index (Phi) is 6.93. The molecule has 0 aliphatic carbocycles. The van der Waals surface area contributed by atoms with Crippen molar-refractivity contribution in [1.82, 2.24) is 14.5 Å². The second-order valence-corrected chi connectivity index (χ2v) is 10.2. The lowest BCUT2D eigenvalue weighted by Crippen LogP contribution is -2.40. The van der Waals surface area contributed by atoms with E-state index in [9.17, 15) is 4.79 Å². The number of amides is 1. The van der Waals surface area contributed by atoms with E-state index in [1.54, 1.807) is 18.2 Å². The van der Waals surface area contributed by atoms with Gasteiger partial charge in [-0.3, -0.25) is 14.3 Å². The van der Waals surface area contributed by atoms with E-state index < -0.39 is 0 Å². The fourth-order valence-electron chi connectivity index (χ4n) is 4.51. The first kappa shape index (κ1) is 23.4. The van der Waals surface area contributed by atoms with Crippen LogP contribution in [0.25, 0.3) is 16.7 Å². The summed E-state index contributed by atoms with van der Waals surface area (Å²) in [5.41, 5.74) is 3.64. The molecule has 2 heterocycles. The molecule has 0 radical (unpaired) electrons. The summed E-state index contributed by atoms with van der Waals surface area (Å²) in [6.07, 6.45) is 1.78. The first-order valence-corrected chi connectivity index (χ1v) is 12.7. The summed E-state index contributed by atoms with van der Waals surface area (Å²) in [6.45, 7) is 2.24. The van der Waals surface area contributed by atoms with Gasteiger partial charge in [-0.1, -0.05) is 57.3 Å². The zero-order valence-electron chi connectivity index (χ0n) is 18.3. The van der Waals surface area contributed by atoms with Gasteiger partial charge in [0.05, 0.1) is 39.2 Å². The molecule has 1 aliphatic heterocycles. The van der Waals surface area contributed by atoms with Crippen LogP contribution in [0.4, 0.5) is 5.69 Å². The molecule has 1 atom stereocenters. The smallest absolute Gasteiger partial charge is 0.228 e. The Morgan fingerprint density at radius 3 is 2.68 bits per heavy atom. The van der Waals surface area contributed by atoms with Crippen molar-refractivity contribution in [3.63, 3.8) is 0 Å². The van der Waals surface area contributed by atoms with Crippen LogP contribution < -0.4 is 5.32 Å². The molecule has 0 saturated carbocycles. The standard InChI is InChI=1S/C26H23BrCl2N4O/c27-18-10-12-19(13-11-18)33-23-9-2-1-7-21(23)30-24(33)16-32-14-4-5-17(15-32)26(34)31-22-8-3-6-20(28)25(22)29/h1-3,6-13,17H,4-5,14-16H2,(H,31,34)/t17-/m1/s1. The highest BCUT2D eigenvalue weighted by molar-refractivity contribution is 9.10. The predicted octanol–water partition coefficient (Wildman–Crippen LogP) is 6.95. The Morgan fingerprint density at radius 2 is 1.85 bits per heavy atom. The van der Waals surface area contributed by atoms with Crippen molar-refractivity contribution < 1.29 is 4.79 Å². The Balaban J connectivity index is 1.37. The first-order chi connectivity index (χ1) is 16.5. The highest BCUT2D eigenvalue weighted by Crippen LogP contribution is 2.31. The Morgan fingerprint density at radius 1 is 1.06 bits per heavy atom. The molecule has 0 unspecified atom stereocenters. The topological polar surface area (TPSA) is 50.2 Å². The molecule has 34 heavy (non-hydrogen) atoms. The molecule has 174 valence electrons. The number of halogens is 3.